The number of nitrogens with one attached hydrogen (secondary N) is 2. The van der Waals surface area contributed by atoms with E-state index < -0.39 is 5.41 Å². The van der Waals surface area contributed by atoms with Gasteiger partial charge in [-0.3, -0.25) is 9.59 Å². The third-order valence-electron chi connectivity index (χ3n) is 5.18. The van der Waals surface area contributed by atoms with E-state index in [2.05, 4.69) is 24.5 Å². The molecule has 0 heterocycles. The van der Waals surface area contributed by atoms with Crippen LogP contribution in [0.25, 0.3) is 0 Å². The third-order valence-corrected chi connectivity index (χ3v) is 5.18. The number of carbonyl (C=O) groups is 2. The average Bonchev–Trinajstić information content (AvgIpc) is 3.44. The summed E-state index contributed by atoms with van der Waals surface area (Å²) in [5.74, 6) is -0.744. The van der Waals surface area contributed by atoms with Gasteiger partial charge < -0.3 is 10.6 Å². The van der Waals surface area contributed by atoms with Crippen molar-refractivity contribution in [1.82, 2.24) is 5.32 Å². The fourth-order valence-electron chi connectivity index (χ4n) is 3.24. The maximum Gasteiger partial charge on any atom is 0.240 e. The number of rotatable bonds is 6. The molecule has 0 aliphatic heterocycles. The zero-order chi connectivity index (χ0) is 19.6. The van der Waals surface area contributed by atoms with Crippen molar-refractivity contribution in [3.05, 3.63) is 65.0 Å². The van der Waals surface area contributed by atoms with E-state index in [1.807, 2.05) is 25.1 Å². The monoisotopic (exact) mass is 368 g/mol. The summed E-state index contributed by atoms with van der Waals surface area (Å²) < 4.78 is 13.7. The zero-order valence-corrected chi connectivity index (χ0v) is 15.9. The van der Waals surface area contributed by atoms with Crippen LogP contribution in [0.4, 0.5) is 10.1 Å². The number of benzene rings is 2. The molecule has 0 saturated heterocycles. The van der Waals surface area contributed by atoms with Gasteiger partial charge in [0.2, 0.25) is 11.8 Å². The van der Waals surface area contributed by atoms with E-state index >= 15 is 0 Å². The second-order valence-corrected chi connectivity index (χ2v) is 7.50. The Morgan fingerprint density at radius 3 is 2.41 bits per heavy atom. The lowest BCUT2D eigenvalue weighted by molar-refractivity contribution is -0.134. The molecule has 2 aromatic carbocycles. The number of anilines is 1. The number of hydrogen-bond donors (Lipinski definition) is 2. The molecule has 1 fully saturated rings. The summed E-state index contributed by atoms with van der Waals surface area (Å²) in [4.78, 5) is 25.6. The van der Waals surface area contributed by atoms with E-state index in [-0.39, 0.29) is 30.1 Å². The van der Waals surface area contributed by atoms with Crippen LogP contribution in [0.15, 0.2) is 42.5 Å². The van der Waals surface area contributed by atoms with Gasteiger partial charge >= 0.3 is 0 Å². The highest BCUT2D eigenvalue weighted by Crippen LogP contribution is 2.47. The maximum atomic E-state index is 13.7. The van der Waals surface area contributed by atoms with Crippen LogP contribution in [0, 0.1) is 18.2 Å². The fraction of sp³-hybridized carbons (Fsp3) is 0.364. The van der Waals surface area contributed by atoms with Crippen LogP contribution in [0.3, 0.4) is 0 Å². The molecule has 1 aliphatic carbocycles. The molecule has 0 atom stereocenters. The largest absolute Gasteiger partial charge is 0.351 e. The van der Waals surface area contributed by atoms with Crippen LogP contribution in [-0.2, 0) is 16.1 Å². The highest BCUT2D eigenvalue weighted by atomic mass is 19.1. The number of hydrogen-bond acceptors (Lipinski definition) is 2. The zero-order valence-electron chi connectivity index (χ0n) is 15.9. The fourth-order valence-corrected chi connectivity index (χ4v) is 3.24. The molecule has 0 bridgehead atoms. The first kappa shape index (κ1) is 19.1. The molecule has 0 spiro atoms. The molecule has 1 aliphatic rings. The Morgan fingerprint density at radius 1 is 1.07 bits per heavy atom. The van der Waals surface area contributed by atoms with Crippen LogP contribution in [0.5, 0.6) is 0 Å². The van der Waals surface area contributed by atoms with Gasteiger partial charge in [-0.15, -0.1) is 0 Å². The van der Waals surface area contributed by atoms with E-state index in [0.29, 0.717) is 18.4 Å². The summed E-state index contributed by atoms with van der Waals surface area (Å²) in [5.41, 5.74) is 2.15. The van der Waals surface area contributed by atoms with E-state index in [4.69, 9.17) is 0 Å². The van der Waals surface area contributed by atoms with E-state index in [9.17, 15) is 14.0 Å². The van der Waals surface area contributed by atoms with Crippen LogP contribution < -0.4 is 10.6 Å². The summed E-state index contributed by atoms with van der Waals surface area (Å²) in [6, 6.07) is 12.2. The highest BCUT2D eigenvalue weighted by molar-refractivity contribution is 6.13. The lowest BCUT2D eigenvalue weighted by atomic mass is 9.97. The molecule has 2 aromatic rings. The first-order chi connectivity index (χ1) is 12.8. The van der Waals surface area contributed by atoms with Crippen LogP contribution >= 0.6 is 0 Å². The number of para-hydroxylation sites is 1. The molecule has 0 aromatic heterocycles. The molecule has 142 valence electrons. The molecule has 2 N–H and O–H groups in total. The quantitative estimate of drug-likeness (QED) is 0.747. The van der Waals surface area contributed by atoms with Crippen molar-refractivity contribution in [3.63, 3.8) is 0 Å². The Balaban J connectivity index is 1.72. The number of carbonyl (C=O) groups excluding carboxylic acids is 2. The normalized spacial score (nSPS) is 14.7. The lowest BCUT2D eigenvalue weighted by Crippen LogP contribution is -2.40. The molecule has 5 heteroatoms. The summed E-state index contributed by atoms with van der Waals surface area (Å²) in [7, 11) is 0. The molecule has 0 unspecified atom stereocenters. The van der Waals surface area contributed by atoms with Gasteiger partial charge in [-0.2, -0.15) is 0 Å². The van der Waals surface area contributed by atoms with Crippen molar-refractivity contribution < 1.29 is 14.0 Å². The summed E-state index contributed by atoms with van der Waals surface area (Å²) >= 11 is 0. The van der Waals surface area contributed by atoms with Crippen molar-refractivity contribution in [2.45, 2.75) is 46.1 Å². The molecular weight excluding hydrogens is 343 g/mol. The maximum absolute atomic E-state index is 13.7. The van der Waals surface area contributed by atoms with Gasteiger partial charge in [0.15, 0.2) is 0 Å². The van der Waals surface area contributed by atoms with Gasteiger partial charge in [-0.05, 0) is 42.9 Å². The van der Waals surface area contributed by atoms with Gasteiger partial charge in [0, 0.05) is 17.8 Å². The van der Waals surface area contributed by atoms with Crippen molar-refractivity contribution in [2.75, 3.05) is 5.32 Å². The van der Waals surface area contributed by atoms with Crippen molar-refractivity contribution in [3.8, 4) is 0 Å². The molecule has 3 rings (SSSR count). The van der Waals surface area contributed by atoms with Crippen LogP contribution in [-0.4, -0.2) is 11.8 Å². The van der Waals surface area contributed by atoms with Gasteiger partial charge in [-0.25, -0.2) is 4.39 Å². The Morgan fingerprint density at radius 2 is 1.78 bits per heavy atom. The first-order valence-electron chi connectivity index (χ1n) is 9.28. The van der Waals surface area contributed by atoms with Gasteiger partial charge in [-0.1, -0.05) is 50.2 Å². The van der Waals surface area contributed by atoms with E-state index in [0.717, 1.165) is 16.8 Å². The topological polar surface area (TPSA) is 58.2 Å². The first-order valence-corrected chi connectivity index (χ1v) is 9.28. The van der Waals surface area contributed by atoms with Gasteiger partial charge in [0.05, 0.1) is 0 Å². The lowest BCUT2D eigenvalue weighted by Gasteiger charge is -2.20. The minimum Gasteiger partial charge on any atom is -0.351 e. The van der Waals surface area contributed by atoms with Gasteiger partial charge in [0.1, 0.15) is 11.2 Å². The Hall–Kier alpha value is -2.69. The highest BCUT2D eigenvalue weighted by Gasteiger charge is 2.56. The Labute approximate surface area is 159 Å². The minimum absolute atomic E-state index is 0.0716. The summed E-state index contributed by atoms with van der Waals surface area (Å²) in [5, 5.41) is 5.70. The average molecular weight is 368 g/mol. The summed E-state index contributed by atoms with van der Waals surface area (Å²) in [6.07, 6.45) is 1.01. The number of halogens is 1. The minimum atomic E-state index is -1.05. The summed E-state index contributed by atoms with van der Waals surface area (Å²) in [6.45, 7) is 6.15. The number of amides is 2. The Kier molecular flexibility index (Phi) is 5.31. The van der Waals surface area contributed by atoms with Crippen LogP contribution in [0.2, 0.25) is 0 Å². The van der Waals surface area contributed by atoms with Crippen molar-refractivity contribution >= 4 is 17.5 Å². The molecule has 27 heavy (non-hydrogen) atoms. The Bertz CT molecular complexity index is 872. The SMILES string of the molecule is Cc1cccc(C(C)C)c1NC(=O)C1(C(=O)NCc2ccccc2F)CC1. The van der Waals surface area contributed by atoms with Crippen molar-refractivity contribution in [2.24, 2.45) is 5.41 Å². The smallest absolute Gasteiger partial charge is 0.240 e. The molecule has 4 nitrogen and oxygen atoms in total. The number of aryl methyl sites for hydroxylation is 1. The predicted octanol–water partition coefficient (Wildman–Crippen LogP) is 4.29. The third kappa shape index (κ3) is 3.87. The van der Waals surface area contributed by atoms with Gasteiger partial charge in [0.25, 0.3) is 0 Å². The van der Waals surface area contributed by atoms with E-state index in [1.165, 1.54) is 6.07 Å². The molecule has 2 amide bonds. The van der Waals surface area contributed by atoms with Crippen molar-refractivity contribution in [1.29, 1.82) is 0 Å². The van der Waals surface area contributed by atoms with E-state index in [1.54, 1.807) is 18.2 Å². The standard InChI is InChI=1S/C22H25FN2O2/c1-14(2)17-9-6-7-15(3)19(17)25-21(27)22(11-12-22)20(26)24-13-16-8-4-5-10-18(16)23/h4-10,14H,11-13H2,1-3H3,(H,24,26)(H,25,27). The molecule has 0 radical (unpaired) electrons. The molecule has 1 saturated carbocycles. The predicted molar refractivity (Wildman–Crippen MR) is 104 cm³/mol. The second-order valence-electron chi connectivity index (χ2n) is 7.50. The van der Waals surface area contributed by atoms with Crippen LogP contribution in [0.1, 0.15) is 49.3 Å². The molecular formula is C22H25FN2O2. The second kappa shape index (κ2) is 7.51.